The molecule has 0 fully saturated rings. The molecule has 0 saturated carbocycles. The first-order chi connectivity index (χ1) is 14.8. The van der Waals surface area contributed by atoms with Gasteiger partial charge in [0.25, 0.3) is 5.91 Å². The van der Waals surface area contributed by atoms with Crippen molar-refractivity contribution >= 4 is 23.4 Å². The highest BCUT2D eigenvalue weighted by Gasteiger charge is 2.37. The van der Waals surface area contributed by atoms with E-state index in [-0.39, 0.29) is 5.91 Å². The summed E-state index contributed by atoms with van der Waals surface area (Å²) in [6.45, 7) is 0. The van der Waals surface area contributed by atoms with Crippen LogP contribution >= 0.6 is 11.8 Å². The summed E-state index contributed by atoms with van der Waals surface area (Å²) < 4.78 is 11.9. The topological polar surface area (TPSA) is 81.3 Å². The summed E-state index contributed by atoms with van der Waals surface area (Å²) in [7, 11) is 0. The van der Waals surface area contributed by atoms with Gasteiger partial charge < -0.3 is 9.15 Å². The SMILES string of the molecule is CSc1nnc2c(n1)O[C@@H](c1ccco1)N(C(=O)c1ccccc1)c1ccccc1-2. The second-order valence-corrected chi connectivity index (χ2v) is 7.27. The molecule has 30 heavy (non-hydrogen) atoms. The molecule has 0 unspecified atom stereocenters. The second-order valence-electron chi connectivity index (χ2n) is 6.50. The molecule has 0 aliphatic carbocycles. The van der Waals surface area contributed by atoms with Crippen LogP contribution in [0, 0.1) is 0 Å². The van der Waals surface area contributed by atoms with E-state index in [9.17, 15) is 4.79 Å². The Hall–Kier alpha value is -3.65. The minimum Gasteiger partial charge on any atom is -0.463 e. The Kier molecular flexibility index (Phi) is 4.68. The molecule has 0 N–H and O–H groups in total. The van der Waals surface area contributed by atoms with Crippen molar-refractivity contribution in [3.8, 4) is 17.1 Å². The fraction of sp³-hybridized carbons (Fsp3) is 0.0909. The van der Waals surface area contributed by atoms with Crippen LogP contribution in [0.25, 0.3) is 11.3 Å². The fourth-order valence-electron chi connectivity index (χ4n) is 3.36. The minimum absolute atomic E-state index is 0.227. The predicted molar refractivity (Wildman–Crippen MR) is 112 cm³/mol. The van der Waals surface area contributed by atoms with E-state index in [1.165, 1.54) is 11.8 Å². The molecule has 4 aromatic rings. The van der Waals surface area contributed by atoms with Crippen molar-refractivity contribution in [3.63, 3.8) is 0 Å². The number of thioether (sulfide) groups is 1. The maximum Gasteiger partial charge on any atom is 0.261 e. The Morgan fingerprint density at radius 3 is 2.57 bits per heavy atom. The number of para-hydroxylation sites is 1. The number of fused-ring (bicyclic) bond motifs is 3. The van der Waals surface area contributed by atoms with E-state index in [0.29, 0.717) is 39.3 Å². The molecule has 1 aliphatic rings. The summed E-state index contributed by atoms with van der Waals surface area (Å²) in [6, 6.07) is 20.1. The summed E-state index contributed by atoms with van der Waals surface area (Å²) in [5.41, 5.74) is 2.35. The molecule has 3 heterocycles. The summed E-state index contributed by atoms with van der Waals surface area (Å²) in [5, 5.41) is 8.99. The van der Waals surface area contributed by atoms with Crippen molar-refractivity contribution in [2.24, 2.45) is 0 Å². The molecule has 8 heteroatoms. The lowest BCUT2D eigenvalue weighted by Gasteiger charge is -2.29. The maximum absolute atomic E-state index is 13.6. The van der Waals surface area contributed by atoms with Crippen LogP contribution in [0.2, 0.25) is 0 Å². The Morgan fingerprint density at radius 1 is 1.00 bits per heavy atom. The highest BCUT2D eigenvalue weighted by Crippen LogP contribution is 2.43. The lowest BCUT2D eigenvalue weighted by Crippen LogP contribution is -2.37. The first-order valence-electron chi connectivity index (χ1n) is 9.23. The van der Waals surface area contributed by atoms with Gasteiger partial charge in [-0.1, -0.05) is 48.2 Å². The van der Waals surface area contributed by atoms with Crippen LogP contribution in [0.15, 0.2) is 82.6 Å². The zero-order valence-electron chi connectivity index (χ0n) is 15.9. The Labute approximate surface area is 176 Å². The van der Waals surface area contributed by atoms with Gasteiger partial charge in [0.15, 0.2) is 11.5 Å². The van der Waals surface area contributed by atoms with Gasteiger partial charge in [0, 0.05) is 11.1 Å². The molecule has 2 aromatic carbocycles. The number of anilines is 1. The van der Waals surface area contributed by atoms with Gasteiger partial charge in [-0.05, 0) is 36.6 Å². The summed E-state index contributed by atoms with van der Waals surface area (Å²) in [6.07, 6.45) is 2.55. The molecule has 0 saturated heterocycles. The van der Waals surface area contributed by atoms with Gasteiger partial charge in [0.1, 0.15) is 0 Å². The van der Waals surface area contributed by atoms with Gasteiger partial charge in [-0.25, -0.2) is 0 Å². The zero-order chi connectivity index (χ0) is 20.5. The van der Waals surface area contributed by atoms with Crippen LogP contribution < -0.4 is 9.64 Å². The number of furan rings is 1. The Bertz CT molecular complexity index is 1200. The van der Waals surface area contributed by atoms with Gasteiger partial charge in [0.05, 0.1) is 12.0 Å². The average Bonchev–Trinajstić information content (AvgIpc) is 3.29. The van der Waals surface area contributed by atoms with Crippen molar-refractivity contribution < 1.29 is 13.9 Å². The summed E-state index contributed by atoms with van der Waals surface area (Å²) in [4.78, 5) is 19.7. The lowest BCUT2D eigenvalue weighted by atomic mass is 10.1. The van der Waals surface area contributed by atoms with E-state index in [1.54, 1.807) is 35.4 Å². The van der Waals surface area contributed by atoms with E-state index >= 15 is 0 Å². The summed E-state index contributed by atoms with van der Waals surface area (Å²) in [5.74, 6) is 0.549. The number of carbonyl (C=O) groups excluding carboxylic acids is 1. The third-order valence-corrected chi connectivity index (χ3v) is 5.26. The standard InChI is InChI=1S/C22H16N4O3S/c1-30-22-23-19-18(24-25-22)15-10-5-6-11-16(15)26(20(27)14-8-3-2-4-9-14)21(29-19)17-12-7-13-28-17/h2-13,21H,1H3/t21-/m0/s1. The third-order valence-electron chi connectivity index (χ3n) is 4.72. The number of ether oxygens (including phenoxy) is 1. The number of rotatable bonds is 3. The van der Waals surface area contributed by atoms with E-state index < -0.39 is 6.23 Å². The average molecular weight is 416 g/mol. The number of nitrogens with zero attached hydrogens (tertiary/aromatic N) is 4. The number of aromatic nitrogens is 3. The molecule has 1 atom stereocenters. The van der Waals surface area contributed by atoms with Crippen molar-refractivity contribution in [2.45, 2.75) is 11.4 Å². The first-order valence-corrected chi connectivity index (χ1v) is 10.5. The van der Waals surface area contributed by atoms with E-state index in [2.05, 4.69) is 15.2 Å². The van der Waals surface area contributed by atoms with Crippen LogP contribution in [-0.2, 0) is 0 Å². The van der Waals surface area contributed by atoms with Gasteiger partial charge >= 0.3 is 0 Å². The molecule has 148 valence electrons. The number of carbonyl (C=O) groups is 1. The van der Waals surface area contributed by atoms with E-state index in [1.807, 2.05) is 48.7 Å². The van der Waals surface area contributed by atoms with Gasteiger partial charge in [-0.3, -0.25) is 9.69 Å². The van der Waals surface area contributed by atoms with Crippen molar-refractivity contribution in [1.82, 2.24) is 15.2 Å². The molecule has 7 nitrogen and oxygen atoms in total. The van der Waals surface area contributed by atoms with E-state index in [4.69, 9.17) is 9.15 Å². The molecular weight excluding hydrogens is 400 g/mol. The first kappa shape index (κ1) is 18.4. The molecule has 2 aromatic heterocycles. The van der Waals surface area contributed by atoms with Crippen LogP contribution in [0.4, 0.5) is 5.69 Å². The highest BCUT2D eigenvalue weighted by atomic mass is 32.2. The highest BCUT2D eigenvalue weighted by molar-refractivity contribution is 7.98. The van der Waals surface area contributed by atoms with Crippen molar-refractivity contribution in [1.29, 1.82) is 0 Å². The molecule has 5 rings (SSSR count). The quantitative estimate of drug-likeness (QED) is 0.452. The number of hydrogen-bond donors (Lipinski definition) is 0. The smallest absolute Gasteiger partial charge is 0.261 e. The molecule has 1 aliphatic heterocycles. The molecule has 0 bridgehead atoms. The molecule has 1 amide bonds. The molecule has 0 radical (unpaired) electrons. The van der Waals surface area contributed by atoms with Crippen LogP contribution in [0.5, 0.6) is 5.88 Å². The third kappa shape index (κ3) is 3.11. The van der Waals surface area contributed by atoms with Crippen LogP contribution in [0.3, 0.4) is 0 Å². The van der Waals surface area contributed by atoms with Crippen molar-refractivity contribution in [2.75, 3.05) is 11.2 Å². The Morgan fingerprint density at radius 2 is 1.80 bits per heavy atom. The van der Waals surface area contributed by atoms with Crippen LogP contribution in [0.1, 0.15) is 22.3 Å². The monoisotopic (exact) mass is 416 g/mol. The van der Waals surface area contributed by atoms with Gasteiger partial charge in [-0.2, -0.15) is 4.98 Å². The van der Waals surface area contributed by atoms with Gasteiger partial charge in [0.2, 0.25) is 17.3 Å². The zero-order valence-corrected chi connectivity index (χ0v) is 16.7. The van der Waals surface area contributed by atoms with Crippen molar-refractivity contribution in [3.05, 3.63) is 84.3 Å². The lowest BCUT2D eigenvalue weighted by molar-refractivity contribution is 0.0885. The normalized spacial score (nSPS) is 15.0. The number of benzene rings is 2. The predicted octanol–water partition coefficient (Wildman–Crippen LogP) is 4.59. The van der Waals surface area contributed by atoms with Crippen LogP contribution in [-0.4, -0.2) is 27.3 Å². The van der Waals surface area contributed by atoms with Gasteiger partial charge in [-0.15, -0.1) is 10.2 Å². The largest absolute Gasteiger partial charge is 0.463 e. The second kappa shape index (κ2) is 7.64. The summed E-state index contributed by atoms with van der Waals surface area (Å²) >= 11 is 1.36. The fourth-order valence-corrected chi connectivity index (χ4v) is 3.65. The maximum atomic E-state index is 13.6. The number of hydrogen-bond acceptors (Lipinski definition) is 7. The molecule has 0 spiro atoms. The minimum atomic E-state index is -0.860. The number of amides is 1. The van der Waals surface area contributed by atoms with E-state index in [0.717, 1.165) is 0 Å². The molecular formula is C22H16N4O3S. The Balaban J connectivity index is 1.75.